The van der Waals surface area contributed by atoms with E-state index in [9.17, 15) is 9.59 Å². The molecule has 4 rings (SSSR count). The molecule has 0 saturated carbocycles. The van der Waals surface area contributed by atoms with Gasteiger partial charge in [0.05, 0.1) is 28.4 Å². The molecule has 29 heavy (non-hydrogen) atoms. The molecule has 150 valence electrons. The molecule has 0 bridgehead atoms. The summed E-state index contributed by atoms with van der Waals surface area (Å²) in [6, 6.07) is 9.33. The Morgan fingerprint density at radius 2 is 2.07 bits per heavy atom. The minimum Gasteiger partial charge on any atom is -0.462 e. The largest absolute Gasteiger partial charge is 0.462 e. The van der Waals surface area contributed by atoms with Crippen LogP contribution >= 0.6 is 11.3 Å². The van der Waals surface area contributed by atoms with Gasteiger partial charge in [-0.2, -0.15) is 0 Å². The van der Waals surface area contributed by atoms with Crippen LogP contribution in [0.3, 0.4) is 0 Å². The van der Waals surface area contributed by atoms with Crippen LogP contribution in [0.15, 0.2) is 35.1 Å². The van der Waals surface area contributed by atoms with Crippen molar-refractivity contribution >= 4 is 35.1 Å². The number of aromatic nitrogens is 2. The molecule has 7 heteroatoms. The number of carbonyl (C=O) groups excluding carboxylic acids is 1. The van der Waals surface area contributed by atoms with Gasteiger partial charge >= 0.3 is 5.97 Å². The Morgan fingerprint density at radius 3 is 2.83 bits per heavy atom. The summed E-state index contributed by atoms with van der Waals surface area (Å²) in [6.45, 7) is 6.09. The zero-order valence-corrected chi connectivity index (χ0v) is 17.1. The summed E-state index contributed by atoms with van der Waals surface area (Å²) in [5.41, 5.74) is 2.22. The first kappa shape index (κ1) is 19.3. The molecule has 0 radical (unpaired) electrons. The first-order chi connectivity index (χ1) is 14.1. The van der Waals surface area contributed by atoms with Crippen LogP contribution in [-0.4, -0.2) is 22.4 Å². The summed E-state index contributed by atoms with van der Waals surface area (Å²) in [4.78, 5) is 26.7. The van der Waals surface area contributed by atoms with Gasteiger partial charge in [-0.25, -0.2) is 9.48 Å². The molecule has 6 nitrogen and oxygen atoms in total. The summed E-state index contributed by atoms with van der Waals surface area (Å²) < 4.78 is 6.74. The van der Waals surface area contributed by atoms with E-state index in [1.54, 1.807) is 24.5 Å². The SMILES string of the molecule is C=c1[nH]n(-c2ccccc2)c(=O)/c1=C\Nc1sc2c(c1C(=O)OCC)CCCC2. The lowest BCUT2D eigenvalue weighted by Gasteiger charge is -2.12. The molecule has 0 unspecified atom stereocenters. The Morgan fingerprint density at radius 1 is 1.31 bits per heavy atom. The Balaban J connectivity index is 1.75. The first-order valence-electron chi connectivity index (χ1n) is 9.74. The van der Waals surface area contributed by atoms with E-state index in [0.717, 1.165) is 41.9 Å². The Kier molecular flexibility index (Phi) is 5.40. The maximum atomic E-state index is 12.9. The van der Waals surface area contributed by atoms with Crippen molar-refractivity contribution in [1.82, 2.24) is 9.78 Å². The van der Waals surface area contributed by atoms with Gasteiger partial charge in [0.15, 0.2) is 0 Å². The number of para-hydroxylation sites is 1. The fraction of sp³-hybridized carbons (Fsp3) is 0.273. The van der Waals surface area contributed by atoms with Gasteiger partial charge in [-0.3, -0.25) is 9.89 Å². The maximum Gasteiger partial charge on any atom is 0.341 e. The molecule has 3 aromatic rings. The zero-order valence-electron chi connectivity index (χ0n) is 16.3. The molecular formula is C22H23N3O3S. The average Bonchev–Trinajstić information content (AvgIpc) is 3.24. The molecule has 1 aliphatic carbocycles. The Hall–Kier alpha value is -3.06. The van der Waals surface area contributed by atoms with E-state index in [1.807, 2.05) is 30.3 Å². The third-order valence-corrected chi connectivity index (χ3v) is 6.24. The van der Waals surface area contributed by atoms with Crippen LogP contribution < -0.4 is 21.4 Å². The van der Waals surface area contributed by atoms with Gasteiger partial charge in [0.25, 0.3) is 5.56 Å². The highest BCUT2D eigenvalue weighted by atomic mass is 32.1. The lowest BCUT2D eigenvalue weighted by Crippen LogP contribution is -2.34. The summed E-state index contributed by atoms with van der Waals surface area (Å²) >= 11 is 1.57. The van der Waals surface area contributed by atoms with Crippen molar-refractivity contribution in [2.24, 2.45) is 0 Å². The number of ether oxygens (including phenoxy) is 1. The van der Waals surface area contributed by atoms with E-state index in [0.29, 0.717) is 22.7 Å². The highest BCUT2D eigenvalue weighted by Gasteiger charge is 2.26. The number of nitrogens with one attached hydrogen (secondary N) is 2. The minimum atomic E-state index is -0.312. The van der Waals surface area contributed by atoms with Crippen molar-refractivity contribution in [3.8, 4) is 5.69 Å². The molecule has 0 saturated heterocycles. The monoisotopic (exact) mass is 409 g/mol. The number of aryl methyl sites for hydroxylation is 1. The smallest absolute Gasteiger partial charge is 0.341 e. The standard InChI is InChI=1S/C22H23N3O3S/c1-3-28-22(27)19-16-11-7-8-12-18(16)29-20(19)23-13-17-14(2)24-25(21(17)26)15-9-5-4-6-10-15/h4-6,9-10,13,23-24H,2-3,7-8,11-12H2,1H3/b17-13-. The quantitative estimate of drug-likeness (QED) is 0.635. The van der Waals surface area contributed by atoms with Gasteiger partial charge < -0.3 is 10.1 Å². The van der Waals surface area contributed by atoms with Crippen LogP contribution in [0.25, 0.3) is 18.5 Å². The summed E-state index contributed by atoms with van der Waals surface area (Å²) in [5, 5.41) is 7.85. The predicted molar refractivity (Wildman–Crippen MR) is 116 cm³/mol. The van der Waals surface area contributed by atoms with Gasteiger partial charge in [0.2, 0.25) is 0 Å². The molecule has 0 aliphatic heterocycles. The highest BCUT2D eigenvalue weighted by molar-refractivity contribution is 7.16. The predicted octanol–water partition coefficient (Wildman–Crippen LogP) is 2.54. The number of hydrogen-bond donors (Lipinski definition) is 2. The number of rotatable bonds is 5. The summed E-state index contributed by atoms with van der Waals surface area (Å²) in [6.07, 6.45) is 5.68. The fourth-order valence-corrected chi connectivity index (χ4v) is 4.87. The van der Waals surface area contributed by atoms with Crippen LogP contribution in [0.5, 0.6) is 0 Å². The topological polar surface area (TPSA) is 76.1 Å². The molecule has 2 aromatic heterocycles. The average molecular weight is 410 g/mol. The van der Waals surface area contributed by atoms with E-state index in [1.165, 1.54) is 9.56 Å². The number of anilines is 1. The number of esters is 1. The molecular weight excluding hydrogens is 386 g/mol. The lowest BCUT2D eigenvalue weighted by atomic mass is 9.95. The van der Waals surface area contributed by atoms with Crippen molar-refractivity contribution in [2.75, 3.05) is 11.9 Å². The second-order valence-electron chi connectivity index (χ2n) is 6.90. The maximum absolute atomic E-state index is 12.9. The van der Waals surface area contributed by atoms with Crippen LogP contribution in [0.1, 0.15) is 40.6 Å². The highest BCUT2D eigenvalue weighted by Crippen LogP contribution is 2.38. The fourth-order valence-electron chi connectivity index (χ4n) is 3.63. The molecule has 0 fully saturated rings. The van der Waals surface area contributed by atoms with Gasteiger partial charge in [-0.15, -0.1) is 11.3 Å². The van der Waals surface area contributed by atoms with Crippen LogP contribution in [0, 0.1) is 0 Å². The van der Waals surface area contributed by atoms with Gasteiger partial charge in [-0.1, -0.05) is 24.8 Å². The number of H-pyrrole nitrogens is 1. The molecule has 0 atom stereocenters. The van der Waals surface area contributed by atoms with E-state index in [-0.39, 0.29) is 11.5 Å². The van der Waals surface area contributed by atoms with Crippen molar-refractivity contribution in [3.05, 3.63) is 67.3 Å². The number of nitrogens with zero attached hydrogens (tertiary/aromatic N) is 1. The third-order valence-electron chi connectivity index (χ3n) is 5.02. The lowest BCUT2D eigenvalue weighted by molar-refractivity contribution is 0.0526. The molecule has 0 spiro atoms. The van der Waals surface area contributed by atoms with Crippen molar-refractivity contribution < 1.29 is 9.53 Å². The number of benzene rings is 1. The first-order valence-corrected chi connectivity index (χ1v) is 10.6. The van der Waals surface area contributed by atoms with Crippen LogP contribution in [0.4, 0.5) is 5.00 Å². The Bertz CT molecular complexity index is 1200. The number of thiophene rings is 1. The molecule has 0 amide bonds. The third kappa shape index (κ3) is 3.65. The summed E-state index contributed by atoms with van der Waals surface area (Å²) in [5.74, 6) is -0.312. The van der Waals surface area contributed by atoms with Gasteiger partial charge in [0, 0.05) is 11.1 Å². The van der Waals surface area contributed by atoms with Crippen molar-refractivity contribution in [1.29, 1.82) is 0 Å². The number of fused-ring (bicyclic) bond motifs is 1. The molecule has 1 aliphatic rings. The van der Waals surface area contributed by atoms with Crippen molar-refractivity contribution in [3.63, 3.8) is 0 Å². The van der Waals surface area contributed by atoms with E-state index >= 15 is 0 Å². The molecule has 2 N–H and O–H groups in total. The van der Waals surface area contributed by atoms with Gasteiger partial charge in [0.1, 0.15) is 5.00 Å². The van der Waals surface area contributed by atoms with Gasteiger partial charge in [-0.05, 0) is 50.3 Å². The number of aromatic amines is 1. The second-order valence-corrected chi connectivity index (χ2v) is 8.01. The Labute approximate surface area is 172 Å². The number of carbonyl (C=O) groups is 1. The molecule has 1 aromatic carbocycles. The zero-order chi connectivity index (χ0) is 20.4. The second kappa shape index (κ2) is 8.13. The van der Waals surface area contributed by atoms with E-state index in [4.69, 9.17) is 4.74 Å². The van der Waals surface area contributed by atoms with Crippen LogP contribution in [-0.2, 0) is 17.6 Å². The normalized spacial score (nSPS) is 13.9. The summed E-state index contributed by atoms with van der Waals surface area (Å²) in [7, 11) is 0. The van der Waals surface area contributed by atoms with Crippen molar-refractivity contribution in [2.45, 2.75) is 32.6 Å². The van der Waals surface area contributed by atoms with E-state index in [2.05, 4.69) is 17.0 Å². The van der Waals surface area contributed by atoms with E-state index < -0.39 is 0 Å². The minimum absolute atomic E-state index is 0.201. The van der Waals surface area contributed by atoms with Crippen LogP contribution in [0.2, 0.25) is 0 Å². The molecule has 2 heterocycles. The number of hydrogen-bond acceptors (Lipinski definition) is 5.